The summed E-state index contributed by atoms with van der Waals surface area (Å²) in [6.07, 6.45) is 6.78. The lowest BCUT2D eigenvalue weighted by molar-refractivity contribution is 0.0695. The predicted octanol–water partition coefficient (Wildman–Crippen LogP) is 3.46. The lowest BCUT2D eigenvalue weighted by atomic mass is 9.77. The molecule has 9 heteroatoms. The van der Waals surface area contributed by atoms with Crippen LogP contribution in [-0.2, 0) is 0 Å². The molecule has 1 aromatic carbocycles. The molecule has 170 valence electrons. The number of carboxylic acid groups (broad SMARTS) is 1. The zero-order valence-electron chi connectivity index (χ0n) is 17.8. The van der Waals surface area contributed by atoms with Gasteiger partial charge in [-0.05, 0) is 36.1 Å². The summed E-state index contributed by atoms with van der Waals surface area (Å²) in [6.45, 7) is 3.56. The van der Waals surface area contributed by atoms with Crippen LogP contribution in [0.4, 0.5) is 10.2 Å². The van der Waals surface area contributed by atoms with E-state index in [4.69, 9.17) is 17.3 Å². The number of halogens is 2. The number of fused-ring (bicyclic) bond motifs is 2. The molecule has 7 nitrogen and oxygen atoms in total. The first kappa shape index (κ1) is 21.6. The predicted molar refractivity (Wildman–Crippen MR) is 125 cm³/mol. The molecule has 3 heterocycles. The molecule has 2 aromatic heterocycles. The molecule has 5 rings (SSSR count). The number of nitrogens with two attached hydrogens (primary N) is 1. The Morgan fingerprint density at radius 2 is 1.91 bits per heavy atom. The lowest BCUT2D eigenvalue weighted by Crippen LogP contribution is -2.38. The van der Waals surface area contributed by atoms with Crippen molar-refractivity contribution < 1.29 is 14.3 Å². The van der Waals surface area contributed by atoms with Crippen molar-refractivity contribution in [2.75, 3.05) is 18.0 Å². The highest BCUT2D eigenvalue weighted by Gasteiger charge is 2.41. The van der Waals surface area contributed by atoms with Gasteiger partial charge in [0.05, 0.1) is 10.9 Å². The molecular formula is C24H22ClFN4O3. The largest absolute Gasteiger partial charge is 0.477 e. The quantitative estimate of drug-likeness (QED) is 0.571. The van der Waals surface area contributed by atoms with Crippen molar-refractivity contribution in [2.24, 2.45) is 23.5 Å². The number of nitrogens with zero attached hydrogens (tertiary/aromatic N) is 3. The van der Waals surface area contributed by atoms with Gasteiger partial charge in [-0.15, -0.1) is 0 Å². The lowest BCUT2D eigenvalue weighted by Gasteiger charge is -2.30. The van der Waals surface area contributed by atoms with E-state index in [1.165, 1.54) is 41.2 Å². The molecule has 0 unspecified atom stereocenters. The number of aromatic carboxylic acids is 1. The molecule has 0 bridgehead atoms. The normalized spacial score (nSPS) is 24.3. The molecule has 3 N–H and O–H groups in total. The first-order chi connectivity index (χ1) is 15.8. The van der Waals surface area contributed by atoms with E-state index in [-0.39, 0.29) is 22.4 Å². The van der Waals surface area contributed by atoms with Crippen molar-refractivity contribution in [1.29, 1.82) is 0 Å². The van der Waals surface area contributed by atoms with Crippen LogP contribution in [0.3, 0.4) is 0 Å². The van der Waals surface area contributed by atoms with Crippen molar-refractivity contribution in [1.82, 2.24) is 9.55 Å². The van der Waals surface area contributed by atoms with Crippen LogP contribution < -0.4 is 16.1 Å². The summed E-state index contributed by atoms with van der Waals surface area (Å²) >= 11 is 6.85. The van der Waals surface area contributed by atoms with Crippen LogP contribution in [0.5, 0.6) is 0 Å². The molecule has 1 aliphatic heterocycles. The van der Waals surface area contributed by atoms with E-state index in [1.54, 1.807) is 0 Å². The number of benzene rings is 1. The SMILES string of the molecule is C[C@H]1C=C[C@@H](N)[C@H]2CN(c3ncc4c(=O)c(C(=O)O)cn(-c5ccc(F)cc5)c4c3Cl)C[C@H]21. The number of pyridine rings is 2. The molecular weight excluding hydrogens is 447 g/mol. The van der Waals surface area contributed by atoms with Crippen LogP contribution in [0.2, 0.25) is 5.02 Å². The fourth-order valence-corrected chi connectivity index (χ4v) is 5.39. The highest BCUT2D eigenvalue weighted by Crippen LogP contribution is 2.40. The van der Waals surface area contributed by atoms with Crippen LogP contribution in [0.1, 0.15) is 17.3 Å². The summed E-state index contributed by atoms with van der Waals surface area (Å²) < 4.78 is 15.0. The first-order valence-corrected chi connectivity index (χ1v) is 11.1. The van der Waals surface area contributed by atoms with E-state index in [0.717, 1.165) is 6.54 Å². The van der Waals surface area contributed by atoms with Crippen LogP contribution in [0, 0.1) is 23.6 Å². The second-order valence-corrected chi connectivity index (χ2v) is 9.11. The van der Waals surface area contributed by atoms with Gasteiger partial charge in [-0.25, -0.2) is 14.2 Å². The van der Waals surface area contributed by atoms with Crippen LogP contribution in [-0.4, -0.2) is 39.8 Å². The van der Waals surface area contributed by atoms with E-state index in [9.17, 15) is 19.1 Å². The van der Waals surface area contributed by atoms with Gasteiger partial charge in [0.2, 0.25) is 5.43 Å². The number of hydrogen-bond donors (Lipinski definition) is 2. The minimum absolute atomic E-state index is 0.0500. The summed E-state index contributed by atoms with van der Waals surface area (Å²) in [7, 11) is 0. The molecule has 33 heavy (non-hydrogen) atoms. The Morgan fingerprint density at radius 1 is 1.21 bits per heavy atom. The van der Waals surface area contributed by atoms with E-state index in [1.807, 2.05) is 6.08 Å². The fraction of sp³-hybridized carbons (Fsp3) is 0.292. The van der Waals surface area contributed by atoms with Crippen molar-refractivity contribution in [3.05, 3.63) is 75.4 Å². The zero-order chi connectivity index (χ0) is 23.4. The Hall–Kier alpha value is -3.23. The minimum Gasteiger partial charge on any atom is -0.477 e. The Bertz CT molecular complexity index is 1330. The van der Waals surface area contributed by atoms with Gasteiger partial charge in [0.15, 0.2) is 0 Å². The van der Waals surface area contributed by atoms with Crippen LogP contribution >= 0.6 is 11.6 Å². The highest BCUT2D eigenvalue weighted by atomic mass is 35.5. The third-order valence-corrected chi connectivity index (χ3v) is 7.17. The summed E-state index contributed by atoms with van der Waals surface area (Å²) in [5.74, 6) is -0.308. The van der Waals surface area contributed by atoms with Gasteiger partial charge in [-0.2, -0.15) is 0 Å². The Kier molecular flexibility index (Phi) is 5.22. The maximum Gasteiger partial charge on any atom is 0.341 e. The van der Waals surface area contributed by atoms with Gasteiger partial charge in [0.25, 0.3) is 0 Å². The molecule has 0 radical (unpaired) electrons. The van der Waals surface area contributed by atoms with Crippen molar-refractivity contribution >= 4 is 34.3 Å². The number of carbonyl (C=O) groups is 1. The monoisotopic (exact) mass is 468 g/mol. The van der Waals surface area contributed by atoms with Gasteiger partial charge in [0, 0.05) is 43.1 Å². The average molecular weight is 469 g/mol. The number of rotatable bonds is 3. The third kappa shape index (κ3) is 3.50. The maximum absolute atomic E-state index is 13.5. The third-order valence-electron chi connectivity index (χ3n) is 6.82. The number of anilines is 1. The van der Waals surface area contributed by atoms with Crippen molar-refractivity contribution in [3.8, 4) is 5.69 Å². The van der Waals surface area contributed by atoms with E-state index in [0.29, 0.717) is 35.4 Å². The fourth-order valence-electron chi connectivity index (χ4n) is 5.02. The van der Waals surface area contributed by atoms with Crippen LogP contribution in [0.25, 0.3) is 16.6 Å². The summed E-state index contributed by atoms with van der Waals surface area (Å²) in [5, 5.41) is 9.87. The number of hydrogen-bond acceptors (Lipinski definition) is 5. The first-order valence-electron chi connectivity index (χ1n) is 10.7. The smallest absolute Gasteiger partial charge is 0.341 e. The molecule has 1 fully saturated rings. The van der Waals surface area contributed by atoms with E-state index in [2.05, 4.69) is 22.9 Å². The van der Waals surface area contributed by atoms with Crippen LogP contribution in [0.15, 0.2) is 53.6 Å². The topological polar surface area (TPSA) is 101 Å². The molecule has 0 amide bonds. The number of allylic oxidation sites excluding steroid dienone is 1. The molecule has 0 saturated carbocycles. The summed E-state index contributed by atoms with van der Waals surface area (Å²) in [6, 6.07) is 5.47. The van der Waals surface area contributed by atoms with E-state index >= 15 is 0 Å². The van der Waals surface area contributed by atoms with Crippen molar-refractivity contribution in [2.45, 2.75) is 13.0 Å². The maximum atomic E-state index is 13.5. The Balaban J connectivity index is 1.69. The number of aromatic nitrogens is 2. The molecule has 3 aromatic rings. The molecule has 1 aliphatic carbocycles. The summed E-state index contributed by atoms with van der Waals surface area (Å²) in [4.78, 5) is 31.2. The van der Waals surface area contributed by atoms with Gasteiger partial charge >= 0.3 is 5.97 Å². The highest BCUT2D eigenvalue weighted by molar-refractivity contribution is 6.37. The summed E-state index contributed by atoms with van der Waals surface area (Å²) in [5.41, 5.74) is 6.03. The number of carboxylic acids is 1. The second-order valence-electron chi connectivity index (χ2n) is 8.74. The van der Waals surface area contributed by atoms with E-state index < -0.39 is 22.8 Å². The van der Waals surface area contributed by atoms with Gasteiger partial charge < -0.3 is 20.3 Å². The van der Waals surface area contributed by atoms with Gasteiger partial charge in [-0.1, -0.05) is 30.7 Å². The molecule has 2 aliphatic rings. The van der Waals surface area contributed by atoms with Crippen molar-refractivity contribution in [3.63, 3.8) is 0 Å². The molecule has 1 saturated heterocycles. The average Bonchev–Trinajstić information content (AvgIpc) is 3.24. The molecule has 0 spiro atoms. The Morgan fingerprint density at radius 3 is 2.58 bits per heavy atom. The minimum atomic E-state index is -1.36. The van der Waals surface area contributed by atoms with Gasteiger partial charge in [0.1, 0.15) is 22.2 Å². The standard InChI is InChI=1S/C24H22ClFN4O3/c1-12-2-7-19(27)17-10-29(9-16(12)17)23-20(25)21-15(8-28-23)22(31)18(24(32)33)11-30(21)14-5-3-13(26)4-6-14/h2-8,11-12,16-17,19H,9-10,27H2,1H3,(H,32,33)/t12-,16-,17-,19+/m0/s1. The zero-order valence-corrected chi connectivity index (χ0v) is 18.5. The Labute approximate surface area is 193 Å². The van der Waals surface area contributed by atoms with Gasteiger partial charge in [-0.3, -0.25) is 4.79 Å². The molecule has 4 atom stereocenters. The second kappa shape index (κ2) is 7.97.